The number of hydrogen-bond acceptors (Lipinski definition) is 6. The smallest absolute Gasteiger partial charge is 0.254 e. The van der Waals surface area contributed by atoms with Gasteiger partial charge in [-0.3, -0.25) is 9.59 Å². The van der Waals surface area contributed by atoms with E-state index in [1.165, 1.54) is 26.0 Å². The third kappa shape index (κ3) is 3.77. The molecule has 3 N–H and O–H groups in total. The lowest BCUT2D eigenvalue weighted by atomic mass is 10.0. The number of carbonyl (C=O) groups excluding carboxylic acids is 2. The van der Waals surface area contributed by atoms with Gasteiger partial charge in [0.05, 0.1) is 27.3 Å². The van der Waals surface area contributed by atoms with E-state index < -0.39 is 11.7 Å². The van der Waals surface area contributed by atoms with Gasteiger partial charge < -0.3 is 29.9 Å². The maximum atomic E-state index is 12.7. The van der Waals surface area contributed by atoms with Gasteiger partial charge in [0.2, 0.25) is 5.91 Å². The van der Waals surface area contributed by atoms with Crippen LogP contribution in [-0.4, -0.2) is 72.5 Å². The molecule has 1 aromatic rings. The molecule has 1 fully saturated rings. The van der Waals surface area contributed by atoms with Crippen LogP contribution in [0.3, 0.4) is 0 Å². The number of likely N-dealkylation sites (tertiary alicyclic amines) is 1. The van der Waals surface area contributed by atoms with Gasteiger partial charge in [-0.15, -0.1) is 0 Å². The first-order valence-electron chi connectivity index (χ1n) is 7.46. The van der Waals surface area contributed by atoms with Crippen LogP contribution in [0.1, 0.15) is 17.3 Å². The molecule has 0 radical (unpaired) electrons. The number of nitrogens with zero attached hydrogens (tertiary/aromatic N) is 1. The molecule has 0 unspecified atom stereocenters. The van der Waals surface area contributed by atoms with Crippen molar-refractivity contribution in [2.45, 2.75) is 18.6 Å². The monoisotopic (exact) mass is 338 g/mol. The summed E-state index contributed by atoms with van der Waals surface area (Å²) in [7, 11) is 2.96. The lowest BCUT2D eigenvalue weighted by Gasteiger charge is -2.25. The largest absolute Gasteiger partial charge is 0.497 e. The van der Waals surface area contributed by atoms with E-state index in [2.05, 4.69) is 5.32 Å². The number of amides is 2. The first kappa shape index (κ1) is 18.0. The van der Waals surface area contributed by atoms with Crippen LogP contribution >= 0.6 is 0 Å². The second kappa shape index (κ2) is 7.06. The Morgan fingerprint density at radius 3 is 2.38 bits per heavy atom. The highest BCUT2D eigenvalue weighted by Crippen LogP contribution is 2.27. The molecule has 132 valence electrons. The summed E-state index contributed by atoms with van der Waals surface area (Å²) in [6.45, 7) is 1.06. The number of aliphatic hydroxyl groups excluding tert-OH is 1. The Morgan fingerprint density at radius 2 is 1.88 bits per heavy atom. The van der Waals surface area contributed by atoms with Gasteiger partial charge in [-0.25, -0.2) is 0 Å². The molecule has 2 rings (SSSR count). The van der Waals surface area contributed by atoms with Gasteiger partial charge in [0.1, 0.15) is 23.2 Å². The minimum absolute atomic E-state index is 0.0333. The Hall–Kier alpha value is -2.32. The summed E-state index contributed by atoms with van der Waals surface area (Å²) in [5.74, 6) is 0.236. The fourth-order valence-electron chi connectivity index (χ4n) is 2.60. The molecule has 8 nitrogen and oxygen atoms in total. The fraction of sp³-hybridized carbons (Fsp3) is 0.500. The summed E-state index contributed by atoms with van der Waals surface area (Å²) < 4.78 is 10.3. The molecule has 1 aromatic carbocycles. The van der Waals surface area contributed by atoms with Crippen LogP contribution in [0.25, 0.3) is 0 Å². The lowest BCUT2D eigenvalue weighted by molar-refractivity contribution is -0.121. The van der Waals surface area contributed by atoms with Crippen molar-refractivity contribution in [1.82, 2.24) is 10.2 Å². The van der Waals surface area contributed by atoms with E-state index in [1.54, 1.807) is 18.2 Å². The first-order chi connectivity index (χ1) is 11.3. The molecule has 0 saturated carbocycles. The summed E-state index contributed by atoms with van der Waals surface area (Å²) in [5.41, 5.74) is -1.26. The van der Waals surface area contributed by atoms with Crippen LogP contribution in [0.5, 0.6) is 11.5 Å². The Bertz CT molecular complexity index is 613. The van der Waals surface area contributed by atoms with Gasteiger partial charge in [-0.05, 0) is 12.1 Å². The van der Waals surface area contributed by atoms with Crippen molar-refractivity contribution in [2.24, 2.45) is 0 Å². The molecule has 2 amide bonds. The van der Waals surface area contributed by atoms with Crippen LogP contribution in [0.2, 0.25) is 0 Å². The maximum absolute atomic E-state index is 12.7. The van der Waals surface area contributed by atoms with Gasteiger partial charge in [-0.1, -0.05) is 0 Å². The molecule has 0 spiro atoms. The molecule has 1 heterocycles. The van der Waals surface area contributed by atoms with Crippen molar-refractivity contribution in [3.63, 3.8) is 0 Å². The van der Waals surface area contributed by atoms with E-state index in [-0.39, 0.29) is 31.4 Å². The summed E-state index contributed by atoms with van der Waals surface area (Å²) in [4.78, 5) is 25.0. The minimum Gasteiger partial charge on any atom is -0.497 e. The van der Waals surface area contributed by atoms with E-state index in [0.29, 0.717) is 17.1 Å². The first-order valence-corrected chi connectivity index (χ1v) is 7.46. The summed E-state index contributed by atoms with van der Waals surface area (Å²) in [6.07, 6.45) is -1.15. The Balaban J connectivity index is 2.18. The predicted molar refractivity (Wildman–Crippen MR) is 85.1 cm³/mol. The van der Waals surface area contributed by atoms with Crippen molar-refractivity contribution >= 4 is 11.8 Å². The van der Waals surface area contributed by atoms with Crippen molar-refractivity contribution in [3.8, 4) is 11.5 Å². The van der Waals surface area contributed by atoms with E-state index in [4.69, 9.17) is 9.47 Å². The van der Waals surface area contributed by atoms with E-state index in [0.717, 1.165) is 0 Å². The summed E-state index contributed by atoms with van der Waals surface area (Å²) in [6, 6.07) is 4.76. The number of carbonyl (C=O) groups is 2. The number of aliphatic hydroxyl groups is 2. The quantitative estimate of drug-likeness (QED) is 0.661. The van der Waals surface area contributed by atoms with Crippen molar-refractivity contribution in [1.29, 1.82) is 0 Å². The van der Waals surface area contributed by atoms with Crippen LogP contribution < -0.4 is 14.8 Å². The molecule has 24 heavy (non-hydrogen) atoms. The Kier molecular flexibility index (Phi) is 5.30. The van der Waals surface area contributed by atoms with Gasteiger partial charge in [-0.2, -0.15) is 0 Å². The predicted octanol–water partition coefficient (Wildman–Crippen LogP) is -0.612. The van der Waals surface area contributed by atoms with Gasteiger partial charge >= 0.3 is 0 Å². The van der Waals surface area contributed by atoms with Gasteiger partial charge in [0, 0.05) is 25.1 Å². The number of rotatable bonds is 5. The van der Waals surface area contributed by atoms with Gasteiger partial charge in [0.25, 0.3) is 5.91 Å². The number of β-amino-alcohol motifs (C(OH)–C–C–N with tert-alkyl or cyclic N) is 2. The zero-order valence-corrected chi connectivity index (χ0v) is 13.9. The molecule has 1 aliphatic rings. The van der Waals surface area contributed by atoms with E-state index >= 15 is 0 Å². The number of nitrogens with one attached hydrogen (secondary N) is 1. The second-order valence-electron chi connectivity index (χ2n) is 5.82. The molecule has 8 heteroatoms. The van der Waals surface area contributed by atoms with Gasteiger partial charge in [0.15, 0.2) is 0 Å². The molecular weight excluding hydrogens is 316 g/mol. The number of hydrogen-bond donors (Lipinski definition) is 3. The maximum Gasteiger partial charge on any atom is 0.254 e. The molecule has 2 atom stereocenters. The normalized spacial score (nSPS) is 23.0. The zero-order chi connectivity index (χ0) is 17.9. The van der Waals surface area contributed by atoms with E-state index in [1.807, 2.05) is 0 Å². The molecule has 1 aliphatic heterocycles. The highest BCUT2D eigenvalue weighted by atomic mass is 16.5. The topological polar surface area (TPSA) is 108 Å². The summed E-state index contributed by atoms with van der Waals surface area (Å²) >= 11 is 0. The molecule has 0 bridgehead atoms. The van der Waals surface area contributed by atoms with Crippen LogP contribution in [-0.2, 0) is 4.79 Å². The molecular formula is C16H22N2O6. The molecule has 0 aromatic heterocycles. The average Bonchev–Trinajstić information content (AvgIpc) is 2.87. The van der Waals surface area contributed by atoms with Crippen LogP contribution in [0.15, 0.2) is 18.2 Å². The SMILES string of the molecule is COc1cc(OC)cc(C(=O)N2C[C@@H](O)[C@](O)(CNC(C)=O)C2)c1. The Morgan fingerprint density at radius 1 is 1.29 bits per heavy atom. The number of ether oxygens (including phenoxy) is 2. The minimum atomic E-state index is -1.58. The average molecular weight is 338 g/mol. The van der Waals surface area contributed by atoms with Crippen LogP contribution in [0.4, 0.5) is 0 Å². The third-order valence-electron chi connectivity index (χ3n) is 4.01. The zero-order valence-electron chi connectivity index (χ0n) is 13.9. The molecule has 0 aliphatic carbocycles. The number of benzene rings is 1. The fourth-order valence-corrected chi connectivity index (χ4v) is 2.60. The third-order valence-corrected chi connectivity index (χ3v) is 4.01. The standard InChI is InChI=1S/C16H22N2O6/c1-10(19)17-8-16(22)9-18(7-14(16)20)15(21)11-4-12(23-2)6-13(5-11)24-3/h4-6,14,20,22H,7-9H2,1-3H3,(H,17,19)/t14-,16+/m1/s1. The highest BCUT2D eigenvalue weighted by Gasteiger charge is 2.46. The van der Waals surface area contributed by atoms with E-state index in [9.17, 15) is 19.8 Å². The van der Waals surface area contributed by atoms with Crippen molar-refractivity contribution in [2.75, 3.05) is 33.9 Å². The number of methoxy groups -OCH3 is 2. The summed E-state index contributed by atoms with van der Waals surface area (Å²) in [5, 5.41) is 23.0. The van der Waals surface area contributed by atoms with Crippen molar-refractivity contribution in [3.05, 3.63) is 23.8 Å². The van der Waals surface area contributed by atoms with Crippen molar-refractivity contribution < 1.29 is 29.3 Å². The second-order valence-corrected chi connectivity index (χ2v) is 5.82. The van der Waals surface area contributed by atoms with Crippen LogP contribution in [0, 0.1) is 0 Å². The highest BCUT2D eigenvalue weighted by molar-refractivity contribution is 5.95. The molecule has 1 saturated heterocycles. The Labute approximate surface area is 140 Å². The lowest BCUT2D eigenvalue weighted by Crippen LogP contribution is -2.51.